The molecule has 0 saturated carbocycles. The number of carbonyl (C=O) groups is 1. The molecule has 0 aliphatic carbocycles. The van der Waals surface area contributed by atoms with Gasteiger partial charge in [0.1, 0.15) is 0 Å². The van der Waals surface area contributed by atoms with Crippen molar-refractivity contribution in [2.75, 3.05) is 0 Å². The van der Waals surface area contributed by atoms with Crippen LogP contribution in [0.1, 0.15) is 33.0 Å². The van der Waals surface area contributed by atoms with Gasteiger partial charge in [0.2, 0.25) is 5.82 Å². The lowest BCUT2D eigenvalue weighted by Crippen LogP contribution is -2.14. The second-order valence-electron chi connectivity index (χ2n) is 8.07. The van der Waals surface area contributed by atoms with E-state index in [1.807, 2.05) is 60.7 Å². The summed E-state index contributed by atoms with van der Waals surface area (Å²) >= 11 is 0. The quantitative estimate of drug-likeness (QED) is 0.320. The predicted molar refractivity (Wildman–Crippen MR) is 127 cm³/mol. The number of benzene rings is 3. The van der Waals surface area contributed by atoms with Gasteiger partial charge in [-0.2, -0.15) is 10.3 Å². The van der Waals surface area contributed by atoms with Gasteiger partial charge in [-0.05, 0) is 52.8 Å². The summed E-state index contributed by atoms with van der Waals surface area (Å²) in [6, 6.07) is 25.5. The number of aromatic carboxylic acids is 1. The Morgan fingerprint density at radius 2 is 1.71 bits per heavy atom. The van der Waals surface area contributed by atoms with E-state index in [0.29, 0.717) is 35.5 Å². The molecule has 0 amide bonds. The maximum absolute atomic E-state index is 12.5. The van der Waals surface area contributed by atoms with E-state index in [9.17, 15) is 9.90 Å². The summed E-state index contributed by atoms with van der Waals surface area (Å²) in [4.78, 5) is 12.5. The number of aromatic amines is 2. The van der Waals surface area contributed by atoms with Gasteiger partial charge in [-0.15, -0.1) is 10.2 Å². The largest absolute Gasteiger partial charge is 0.478 e. The lowest BCUT2D eigenvalue weighted by Gasteiger charge is -2.22. The molecule has 2 aromatic heterocycles. The Hall–Kier alpha value is -4.59. The molecule has 0 bridgehead atoms. The fraction of sp³-hybridized carbons (Fsp3) is 0.115. The number of tetrazole rings is 1. The van der Waals surface area contributed by atoms with Gasteiger partial charge in [0, 0.05) is 17.3 Å². The van der Waals surface area contributed by atoms with Gasteiger partial charge >= 0.3 is 5.97 Å². The number of hydrogen-bond donors (Lipinski definition) is 3. The average Bonchev–Trinajstić information content (AvgIpc) is 3.59. The van der Waals surface area contributed by atoms with Crippen molar-refractivity contribution < 1.29 is 9.90 Å². The Labute approximate surface area is 195 Å². The van der Waals surface area contributed by atoms with Gasteiger partial charge < -0.3 is 5.11 Å². The highest BCUT2D eigenvalue weighted by Crippen LogP contribution is 2.34. The number of nitrogens with zero attached hydrogens (tertiary/aromatic N) is 4. The van der Waals surface area contributed by atoms with E-state index in [0.717, 1.165) is 22.3 Å². The summed E-state index contributed by atoms with van der Waals surface area (Å²) < 4.78 is 0. The second-order valence-corrected chi connectivity index (χ2v) is 8.07. The molecule has 5 rings (SSSR count). The standard InChI is InChI=1S/C26H22N6O2/c33-26(34)24-21(10-5-11-22(24)23-12-13-27-28-23)20(14-17-6-2-1-3-7-17)16-18-8-4-9-19(15-18)25-29-31-32-30-25/h1-13,15,20H,14,16H2,(H,27,28)(H,33,34)(H,29,30,31,32). The van der Waals surface area contributed by atoms with Crippen LogP contribution in [0.25, 0.3) is 22.6 Å². The molecule has 0 fully saturated rings. The first-order chi connectivity index (χ1) is 16.7. The van der Waals surface area contributed by atoms with Crippen LogP contribution in [-0.2, 0) is 12.8 Å². The number of carboxylic acids is 1. The zero-order valence-corrected chi connectivity index (χ0v) is 18.2. The van der Waals surface area contributed by atoms with Crippen molar-refractivity contribution in [1.29, 1.82) is 0 Å². The number of carboxylic acid groups (broad SMARTS) is 1. The molecule has 8 heteroatoms. The lowest BCUT2D eigenvalue weighted by molar-refractivity contribution is 0.0696. The molecule has 8 nitrogen and oxygen atoms in total. The Balaban J connectivity index is 1.58. The topological polar surface area (TPSA) is 120 Å². The molecule has 1 atom stereocenters. The van der Waals surface area contributed by atoms with Crippen LogP contribution in [0.4, 0.5) is 0 Å². The molecule has 0 aliphatic rings. The fourth-order valence-electron chi connectivity index (χ4n) is 4.38. The SMILES string of the molecule is O=C(O)c1c(-c2ccn[nH]2)cccc1C(Cc1ccccc1)Cc1cccc(-c2nn[nH]n2)c1. The van der Waals surface area contributed by atoms with Gasteiger partial charge in [-0.25, -0.2) is 4.79 Å². The highest BCUT2D eigenvalue weighted by atomic mass is 16.4. The maximum atomic E-state index is 12.5. The van der Waals surface area contributed by atoms with Crippen LogP contribution in [-0.4, -0.2) is 41.9 Å². The van der Waals surface area contributed by atoms with E-state index in [1.54, 1.807) is 12.3 Å². The third kappa shape index (κ3) is 4.47. The number of aromatic nitrogens is 6. The van der Waals surface area contributed by atoms with E-state index < -0.39 is 5.97 Å². The molecule has 168 valence electrons. The Kier molecular flexibility index (Phi) is 5.94. The molecule has 2 heterocycles. The first-order valence-electron chi connectivity index (χ1n) is 10.9. The molecule has 0 radical (unpaired) electrons. The Morgan fingerprint density at radius 1 is 0.912 bits per heavy atom. The Morgan fingerprint density at radius 3 is 2.44 bits per heavy atom. The first-order valence-corrected chi connectivity index (χ1v) is 10.9. The van der Waals surface area contributed by atoms with Crippen LogP contribution in [0.5, 0.6) is 0 Å². The van der Waals surface area contributed by atoms with Gasteiger partial charge in [0.15, 0.2) is 0 Å². The van der Waals surface area contributed by atoms with Crippen molar-refractivity contribution in [3.8, 4) is 22.6 Å². The van der Waals surface area contributed by atoms with E-state index in [-0.39, 0.29) is 5.92 Å². The third-order valence-electron chi connectivity index (χ3n) is 5.88. The van der Waals surface area contributed by atoms with Crippen LogP contribution in [0.15, 0.2) is 85.1 Å². The molecular formula is C26H22N6O2. The highest BCUT2D eigenvalue weighted by Gasteiger charge is 2.24. The molecule has 0 spiro atoms. The summed E-state index contributed by atoms with van der Waals surface area (Å²) in [7, 11) is 0. The van der Waals surface area contributed by atoms with Crippen molar-refractivity contribution in [3.63, 3.8) is 0 Å². The Bertz CT molecular complexity index is 1380. The van der Waals surface area contributed by atoms with Crippen molar-refractivity contribution >= 4 is 5.97 Å². The number of H-pyrrole nitrogens is 2. The van der Waals surface area contributed by atoms with Crippen molar-refractivity contribution in [2.45, 2.75) is 18.8 Å². The van der Waals surface area contributed by atoms with Gasteiger partial charge in [-0.1, -0.05) is 66.7 Å². The van der Waals surface area contributed by atoms with Crippen LogP contribution >= 0.6 is 0 Å². The third-order valence-corrected chi connectivity index (χ3v) is 5.88. The summed E-state index contributed by atoms with van der Waals surface area (Å²) in [5.74, 6) is -0.510. The summed E-state index contributed by atoms with van der Waals surface area (Å²) in [6.07, 6.45) is 2.96. The van der Waals surface area contributed by atoms with E-state index in [2.05, 4.69) is 43.0 Å². The van der Waals surface area contributed by atoms with E-state index in [4.69, 9.17) is 0 Å². The average molecular weight is 451 g/mol. The van der Waals surface area contributed by atoms with Gasteiger partial charge in [0.25, 0.3) is 0 Å². The minimum Gasteiger partial charge on any atom is -0.478 e. The smallest absolute Gasteiger partial charge is 0.336 e. The van der Waals surface area contributed by atoms with Crippen LogP contribution < -0.4 is 0 Å². The van der Waals surface area contributed by atoms with E-state index in [1.165, 1.54) is 0 Å². The second kappa shape index (κ2) is 9.50. The van der Waals surface area contributed by atoms with Gasteiger partial charge in [-0.3, -0.25) is 5.10 Å². The minimum absolute atomic E-state index is 0.0723. The fourth-order valence-corrected chi connectivity index (χ4v) is 4.38. The monoisotopic (exact) mass is 450 g/mol. The number of hydrogen-bond acceptors (Lipinski definition) is 5. The summed E-state index contributed by atoms with van der Waals surface area (Å²) in [5, 5.41) is 31.4. The molecule has 34 heavy (non-hydrogen) atoms. The number of nitrogens with one attached hydrogen (secondary N) is 2. The predicted octanol–water partition coefficient (Wildman–Crippen LogP) is 4.52. The number of rotatable bonds is 8. The molecule has 0 aliphatic heterocycles. The maximum Gasteiger partial charge on any atom is 0.336 e. The first kappa shape index (κ1) is 21.3. The molecule has 3 N–H and O–H groups in total. The zero-order chi connectivity index (χ0) is 23.3. The summed E-state index contributed by atoms with van der Waals surface area (Å²) in [6.45, 7) is 0. The van der Waals surface area contributed by atoms with Crippen LogP contribution in [0.3, 0.4) is 0 Å². The lowest BCUT2D eigenvalue weighted by atomic mass is 9.82. The van der Waals surface area contributed by atoms with Crippen molar-refractivity contribution in [3.05, 3.63) is 107 Å². The van der Waals surface area contributed by atoms with Gasteiger partial charge in [0.05, 0.1) is 11.3 Å². The minimum atomic E-state index is -0.959. The molecule has 0 saturated heterocycles. The van der Waals surface area contributed by atoms with Crippen LogP contribution in [0.2, 0.25) is 0 Å². The molecular weight excluding hydrogens is 428 g/mol. The van der Waals surface area contributed by atoms with Crippen molar-refractivity contribution in [2.24, 2.45) is 0 Å². The summed E-state index contributed by atoms with van der Waals surface area (Å²) in [5.41, 5.74) is 5.44. The molecule has 5 aromatic rings. The van der Waals surface area contributed by atoms with Crippen molar-refractivity contribution in [1.82, 2.24) is 30.8 Å². The normalized spacial score (nSPS) is 11.9. The molecule has 3 aromatic carbocycles. The zero-order valence-electron chi connectivity index (χ0n) is 18.2. The van der Waals surface area contributed by atoms with Crippen LogP contribution in [0, 0.1) is 0 Å². The van der Waals surface area contributed by atoms with E-state index >= 15 is 0 Å². The highest BCUT2D eigenvalue weighted by molar-refractivity contribution is 5.97. The molecule has 1 unspecified atom stereocenters.